The summed E-state index contributed by atoms with van der Waals surface area (Å²) in [5.74, 6) is -0.753. The van der Waals surface area contributed by atoms with Crippen LogP contribution in [-0.4, -0.2) is 38.3 Å². The van der Waals surface area contributed by atoms with Gasteiger partial charge in [-0.1, -0.05) is 0 Å². The first-order valence-electron chi connectivity index (χ1n) is 5.42. The molecule has 0 bridgehead atoms. The van der Waals surface area contributed by atoms with Gasteiger partial charge < -0.3 is 5.11 Å². The maximum Gasteiger partial charge on any atom is 0.304 e. The Hall–Kier alpha value is -1.36. The minimum atomic E-state index is -0.753. The Labute approximate surface area is 95.7 Å². The van der Waals surface area contributed by atoms with E-state index in [-0.39, 0.29) is 6.42 Å². The number of carbonyl (C=O) groups is 1. The standard InChI is InChI=1S/C11H19N3O2/c1-9(2)14(5-4-11(15)16)8-10-6-12-13(3)7-10/h6-7,9H,4-5,8H2,1-3H3,(H,15,16). The summed E-state index contributed by atoms with van der Waals surface area (Å²) in [5.41, 5.74) is 1.11. The van der Waals surface area contributed by atoms with E-state index in [9.17, 15) is 4.79 Å². The quantitative estimate of drug-likeness (QED) is 0.787. The first-order chi connectivity index (χ1) is 7.49. The van der Waals surface area contributed by atoms with Crippen LogP contribution in [0.15, 0.2) is 12.4 Å². The Bertz CT molecular complexity index is 347. The first kappa shape index (κ1) is 12.7. The van der Waals surface area contributed by atoms with Gasteiger partial charge in [-0.05, 0) is 13.8 Å². The predicted octanol–water partition coefficient (Wildman–Crippen LogP) is 1.11. The third-order valence-corrected chi connectivity index (χ3v) is 2.49. The highest BCUT2D eigenvalue weighted by atomic mass is 16.4. The van der Waals surface area contributed by atoms with Crippen molar-refractivity contribution in [3.8, 4) is 0 Å². The van der Waals surface area contributed by atoms with E-state index in [0.717, 1.165) is 12.1 Å². The second kappa shape index (κ2) is 5.65. The van der Waals surface area contributed by atoms with E-state index in [1.54, 1.807) is 4.68 Å². The number of nitrogens with zero attached hydrogens (tertiary/aromatic N) is 3. The molecule has 0 atom stereocenters. The summed E-state index contributed by atoms with van der Waals surface area (Å²) >= 11 is 0. The van der Waals surface area contributed by atoms with Crippen LogP contribution >= 0.6 is 0 Å². The normalized spacial score (nSPS) is 11.3. The van der Waals surface area contributed by atoms with Crippen molar-refractivity contribution in [3.05, 3.63) is 18.0 Å². The number of rotatable bonds is 6. The summed E-state index contributed by atoms with van der Waals surface area (Å²) in [5, 5.41) is 12.8. The Morgan fingerprint density at radius 1 is 1.62 bits per heavy atom. The van der Waals surface area contributed by atoms with Gasteiger partial charge in [-0.3, -0.25) is 14.4 Å². The van der Waals surface area contributed by atoms with Crippen LogP contribution in [0.2, 0.25) is 0 Å². The van der Waals surface area contributed by atoms with Gasteiger partial charge in [0.25, 0.3) is 0 Å². The third kappa shape index (κ3) is 4.02. The zero-order valence-electron chi connectivity index (χ0n) is 10.1. The third-order valence-electron chi connectivity index (χ3n) is 2.49. The molecule has 1 N–H and O–H groups in total. The lowest BCUT2D eigenvalue weighted by atomic mass is 10.2. The fraction of sp³-hybridized carbons (Fsp3) is 0.636. The van der Waals surface area contributed by atoms with Crippen LogP contribution in [0.5, 0.6) is 0 Å². The van der Waals surface area contributed by atoms with E-state index in [1.807, 2.05) is 19.4 Å². The molecule has 1 aromatic rings. The van der Waals surface area contributed by atoms with Crippen LogP contribution < -0.4 is 0 Å². The Kier molecular flexibility index (Phi) is 4.49. The summed E-state index contributed by atoms with van der Waals surface area (Å²) in [4.78, 5) is 12.7. The van der Waals surface area contributed by atoms with Crippen LogP contribution in [0, 0.1) is 0 Å². The van der Waals surface area contributed by atoms with Gasteiger partial charge >= 0.3 is 5.97 Å². The predicted molar refractivity (Wildman–Crippen MR) is 61.0 cm³/mol. The maximum absolute atomic E-state index is 10.5. The second-order valence-electron chi connectivity index (χ2n) is 4.23. The molecule has 0 fully saturated rings. The molecule has 0 amide bonds. The summed E-state index contributed by atoms with van der Waals surface area (Å²) in [7, 11) is 1.88. The SMILES string of the molecule is CC(C)N(CCC(=O)O)Cc1cnn(C)c1. The lowest BCUT2D eigenvalue weighted by Gasteiger charge is -2.25. The van der Waals surface area contributed by atoms with Gasteiger partial charge in [0.2, 0.25) is 0 Å². The average Bonchev–Trinajstić information content (AvgIpc) is 2.57. The number of hydrogen-bond donors (Lipinski definition) is 1. The van der Waals surface area contributed by atoms with Crippen LogP contribution in [-0.2, 0) is 18.4 Å². The van der Waals surface area contributed by atoms with Gasteiger partial charge in [0, 0.05) is 37.9 Å². The fourth-order valence-electron chi connectivity index (χ4n) is 1.55. The van der Waals surface area contributed by atoms with Gasteiger partial charge in [-0.2, -0.15) is 5.10 Å². The number of aromatic nitrogens is 2. The van der Waals surface area contributed by atoms with Crippen molar-refractivity contribution in [2.45, 2.75) is 32.9 Å². The Morgan fingerprint density at radius 3 is 2.75 bits per heavy atom. The first-order valence-corrected chi connectivity index (χ1v) is 5.42. The number of carboxylic acids is 1. The van der Waals surface area contributed by atoms with Crippen molar-refractivity contribution in [2.75, 3.05) is 6.54 Å². The molecule has 0 aromatic carbocycles. The topological polar surface area (TPSA) is 58.4 Å². The number of aryl methyl sites for hydroxylation is 1. The lowest BCUT2D eigenvalue weighted by Crippen LogP contribution is -2.32. The number of hydrogen-bond acceptors (Lipinski definition) is 3. The largest absolute Gasteiger partial charge is 0.481 e. The van der Waals surface area contributed by atoms with Gasteiger partial charge in [0.05, 0.1) is 12.6 Å². The molecule has 1 heterocycles. The minimum Gasteiger partial charge on any atom is -0.481 e. The van der Waals surface area contributed by atoms with E-state index in [4.69, 9.17) is 5.11 Å². The summed E-state index contributed by atoms with van der Waals surface area (Å²) in [6.45, 7) is 5.46. The Balaban J connectivity index is 2.54. The smallest absolute Gasteiger partial charge is 0.304 e. The van der Waals surface area contributed by atoms with Crippen LogP contribution in [0.25, 0.3) is 0 Å². The fourth-order valence-corrected chi connectivity index (χ4v) is 1.55. The van der Waals surface area contributed by atoms with Gasteiger partial charge in [-0.25, -0.2) is 0 Å². The summed E-state index contributed by atoms with van der Waals surface area (Å²) < 4.78 is 1.75. The molecule has 0 spiro atoms. The lowest BCUT2D eigenvalue weighted by molar-refractivity contribution is -0.137. The van der Waals surface area contributed by atoms with Gasteiger partial charge in [0.15, 0.2) is 0 Å². The van der Waals surface area contributed by atoms with E-state index in [2.05, 4.69) is 23.8 Å². The molecule has 1 rings (SSSR count). The molecule has 0 aliphatic rings. The molecule has 90 valence electrons. The van der Waals surface area contributed by atoms with E-state index in [0.29, 0.717) is 12.6 Å². The van der Waals surface area contributed by atoms with Gasteiger partial charge in [-0.15, -0.1) is 0 Å². The van der Waals surface area contributed by atoms with Crippen molar-refractivity contribution in [1.82, 2.24) is 14.7 Å². The van der Waals surface area contributed by atoms with E-state index in [1.165, 1.54) is 0 Å². The summed E-state index contributed by atoms with van der Waals surface area (Å²) in [6, 6.07) is 0.333. The zero-order chi connectivity index (χ0) is 12.1. The Morgan fingerprint density at radius 2 is 2.31 bits per heavy atom. The number of carboxylic acid groups (broad SMARTS) is 1. The highest BCUT2D eigenvalue weighted by molar-refractivity contribution is 5.66. The molecule has 1 aromatic heterocycles. The molecule has 0 saturated heterocycles. The maximum atomic E-state index is 10.5. The van der Waals surface area contributed by atoms with Crippen molar-refractivity contribution >= 4 is 5.97 Å². The van der Waals surface area contributed by atoms with E-state index < -0.39 is 5.97 Å². The molecular formula is C11H19N3O2. The molecule has 0 radical (unpaired) electrons. The van der Waals surface area contributed by atoms with Crippen LogP contribution in [0.4, 0.5) is 0 Å². The molecule has 0 saturated carbocycles. The zero-order valence-corrected chi connectivity index (χ0v) is 10.1. The molecular weight excluding hydrogens is 206 g/mol. The minimum absolute atomic E-state index is 0.179. The van der Waals surface area contributed by atoms with Crippen molar-refractivity contribution in [2.24, 2.45) is 7.05 Å². The van der Waals surface area contributed by atoms with Crippen molar-refractivity contribution in [1.29, 1.82) is 0 Å². The molecule has 5 heteroatoms. The molecule has 0 unspecified atom stereocenters. The molecule has 5 nitrogen and oxygen atoms in total. The van der Waals surface area contributed by atoms with Crippen molar-refractivity contribution < 1.29 is 9.90 Å². The second-order valence-corrected chi connectivity index (χ2v) is 4.23. The highest BCUT2D eigenvalue weighted by Crippen LogP contribution is 2.07. The monoisotopic (exact) mass is 225 g/mol. The molecule has 0 aliphatic heterocycles. The average molecular weight is 225 g/mol. The van der Waals surface area contributed by atoms with Crippen LogP contribution in [0.3, 0.4) is 0 Å². The van der Waals surface area contributed by atoms with Crippen molar-refractivity contribution in [3.63, 3.8) is 0 Å². The van der Waals surface area contributed by atoms with Gasteiger partial charge in [0.1, 0.15) is 0 Å². The summed E-state index contributed by atoms with van der Waals surface area (Å²) in [6.07, 6.45) is 3.95. The number of aliphatic carboxylic acids is 1. The molecule has 16 heavy (non-hydrogen) atoms. The van der Waals surface area contributed by atoms with Crippen LogP contribution in [0.1, 0.15) is 25.8 Å². The molecule has 0 aliphatic carbocycles. The van der Waals surface area contributed by atoms with E-state index >= 15 is 0 Å². The highest BCUT2D eigenvalue weighted by Gasteiger charge is 2.12.